The first-order chi connectivity index (χ1) is 13.5. The van der Waals surface area contributed by atoms with E-state index in [1.807, 2.05) is 5.38 Å². The van der Waals surface area contributed by atoms with Crippen LogP contribution < -0.4 is 9.04 Å². The minimum atomic E-state index is -0.964. The second kappa shape index (κ2) is 7.81. The molecule has 1 aromatic heterocycles. The van der Waals surface area contributed by atoms with E-state index in [0.717, 1.165) is 46.2 Å². The molecule has 0 aliphatic carbocycles. The Morgan fingerprint density at radius 1 is 1.32 bits per heavy atom. The van der Waals surface area contributed by atoms with E-state index in [0.29, 0.717) is 5.75 Å². The van der Waals surface area contributed by atoms with E-state index < -0.39 is 5.97 Å². The predicted octanol–water partition coefficient (Wildman–Crippen LogP) is 5.12. The van der Waals surface area contributed by atoms with Crippen LogP contribution in [0, 0.1) is 5.82 Å². The molecular formula is C20H17FN2O3S2. The zero-order chi connectivity index (χ0) is 19.7. The summed E-state index contributed by atoms with van der Waals surface area (Å²) in [5, 5.41) is 13.0. The number of carbonyl (C=O) groups is 1. The van der Waals surface area contributed by atoms with E-state index in [9.17, 15) is 14.3 Å². The number of hydrogen-bond donors (Lipinski definition) is 1. The number of methoxy groups -OCH3 is 1. The predicted molar refractivity (Wildman–Crippen MR) is 109 cm³/mol. The van der Waals surface area contributed by atoms with E-state index >= 15 is 0 Å². The van der Waals surface area contributed by atoms with Gasteiger partial charge < -0.3 is 14.1 Å². The summed E-state index contributed by atoms with van der Waals surface area (Å²) in [5.74, 6) is -0.682. The van der Waals surface area contributed by atoms with Crippen molar-refractivity contribution in [3.8, 4) is 16.3 Å². The third-order valence-electron chi connectivity index (χ3n) is 4.46. The van der Waals surface area contributed by atoms with Crippen molar-refractivity contribution < 1.29 is 19.0 Å². The summed E-state index contributed by atoms with van der Waals surface area (Å²) >= 11 is 3.01. The first-order valence-corrected chi connectivity index (χ1v) is 10.3. The summed E-state index contributed by atoms with van der Waals surface area (Å²) in [5.41, 5.74) is 2.97. The molecule has 2 heterocycles. The third-order valence-corrected chi connectivity index (χ3v) is 6.48. The number of aromatic carboxylic acids is 1. The number of fused-ring (bicyclic) bond motifs is 1. The number of thiazole rings is 1. The summed E-state index contributed by atoms with van der Waals surface area (Å²) in [6, 6.07) is 9.57. The van der Waals surface area contributed by atoms with E-state index in [2.05, 4.69) is 9.29 Å². The summed E-state index contributed by atoms with van der Waals surface area (Å²) in [6.07, 6.45) is 1.73. The number of halogens is 1. The fourth-order valence-corrected chi connectivity index (χ4v) is 5.11. The maximum Gasteiger partial charge on any atom is 0.335 e. The summed E-state index contributed by atoms with van der Waals surface area (Å²) in [4.78, 5) is 16.0. The number of rotatable bonds is 5. The SMILES string of the molecule is COc1cc(C(=O)O)cc2c1N(Sc1csc(-c3ccc(F)cc3)n1)CCC2. The molecule has 0 fully saturated rings. The molecular weight excluding hydrogens is 399 g/mol. The van der Waals surface area contributed by atoms with Crippen molar-refractivity contribution in [2.24, 2.45) is 0 Å². The molecule has 0 amide bonds. The lowest BCUT2D eigenvalue weighted by Crippen LogP contribution is -2.23. The molecule has 0 radical (unpaired) electrons. The highest BCUT2D eigenvalue weighted by atomic mass is 32.2. The number of ether oxygens (including phenoxy) is 1. The van der Waals surface area contributed by atoms with Crippen LogP contribution in [0.2, 0.25) is 0 Å². The van der Waals surface area contributed by atoms with E-state index in [-0.39, 0.29) is 11.4 Å². The van der Waals surface area contributed by atoms with Gasteiger partial charge in [-0.25, -0.2) is 14.2 Å². The van der Waals surface area contributed by atoms with Crippen molar-refractivity contribution in [3.05, 3.63) is 58.7 Å². The molecule has 28 heavy (non-hydrogen) atoms. The molecule has 0 bridgehead atoms. The van der Waals surface area contributed by atoms with E-state index in [1.165, 1.54) is 35.4 Å². The molecule has 144 valence electrons. The number of hydrogen-bond acceptors (Lipinski definition) is 6. The highest BCUT2D eigenvalue weighted by Crippen LogP contribution is 2.43. The molecule has 1 N–H and O–H groups in total. The van der Waals surface area contributed by atoms with Crippen LogP contribution in [0.1, 0.15) is 22.3 Å². The van der Waals surface area contributed by atoms with Gasteiger partial charge in [0.2, 0.25) is 0 Å². The van der Waals surface area contributed by atoms with Gasteiger partial charge in [0.15, 0.2) is 0 Å². The van der Waals surface area contributed by atoms with Crippen LogP contribution in [0.3, 0.4) is 0 Å². The first-order valence-electron chi connectivity index (χ1n) is 8.66. The van der Waals surface area contributed by atoms with Gasteiger partial charge in [0.05, 0.1) is 18.4 Å². The topological polar surface area (TPSA) is 62.7 Å². The van der Waals surface area contributed by atoms with Crippen LogP contribution in [0.25, 0.3) is 10.6 Å². The van der Waals surface area contributed by atoms with Gasteiger partial charge in [0.1, 0.15) is 21.6 Å². The van der Waals surface area contributed by atoms with Crippen molar-refractivity contribution >= 4 is 34.9 Å². The Hall–Kier alpha value is -2.58. The minimum absolute atomic E-state index is 0.231. The summed E-state index contributed by atoms with van der Waals surface area (Å²) in [7, 11) is 1.55. The molecule has 0 unspecified atom stereocenters. The van der Waals surface area contributed by atoms with E-state index in [1.54, 1.807) is 31.4 Å². The largest absolute Gasteiger partial charge is 0.495 e. The number of carboxylic acids is 1. The monoisotopic (exact) mass is 416 g/mol. The quantitative estimate of drug-likeness (QED) is 0.583. The minimum Gasteiger partial charge on any atom is -0.495 e. The lowest BCUT2D eigenvalue weighted by molar-refractivity contribution is 0.0696. The zero-order valence-corrected chi connectivity index (χ0v) is 16.6. The highest BCUT2D eigenvalue weighted by molar-refractivity contribution is 8.00. The molecule has 8 heteroatoms. The van der Waals surface area contributed by atoms with Gasteiger partial charge in [-0.05, 0) is 54.8 Å². The Morgan fingerprint density at radius 2 is 2.11 bits per heavy atom. The molecule has 0 spiro atoms. The Labute approximate surface area is 169 Å². The lowest BCUT2D eigenvalue weighted by Gasteiger charge is -2.31. The molecule has 0 atom stereocenters. The number of aromatic nitrogens is 1. The normalized spacial score (nSPS) is 13.3. The van der Waals surface area contributed by atoms with Crippen LogP contribution in [0.4, 0.5) is 10.1 Å². The van der Waals surface area contributed by atoms with Crippen LogP contribution >= 0.6 is 23.3 Å². The van der Waals surface area contributed by atoms with Gasteiger partial charge >= 0.3 is 5.97 Å². The molecule has 1 aliphatic heterocycles. The number of carboxylic acid groups (broad SMARTS) is 1. The first kappa shape index (κ1) is 18.8. The van der Waals surface area contributed by atoms with Crippen LogP contribution in [-0.4, -0.2) is 29.7 Å². The average molecular weight is 416 g/mol. The van der Waals surface area contributed by atoms with E-state index in [4.69, 9.17) is 4.74 Å². The molecule has 1 aliphatic rings. The lowest BCUT2D eigenvalue weighted by atomic mass is 10.00. The number of aryl methyl sites for hydroxylation is 1. The summed E-state index contributed by atoms with van der Waals surface area (Å²) < 4.78 is 20.7. The Balaban J connectivity index is 1.62. The fraction of sp³-hybridized carbons (Fsp3) is 0.200. The molecule has 3 aromatic rings. The number of anilines is 1. The van der Waals surface area contributed by atoms with Crippen molar-refractivity contribution in [1.29, 1.82) is 0 Å². The van der Waals surface area contributed by atoms with Gasteiger partial charge in [-0.15, -0.1) is 11.3 Å². The van der Waals surface area contributed by atoms with Crippen molar-refractivity contribution in [3.63, 3.8) is 0 Å². The van der Waals surface area contributed by atoms with Crippen LogP contribution in [-0.2, 0) is 6.42 Å². The third kappa shape index (κ3) is 3.70. The fourth-order valence-electron chi connectivity index (χ4n) is 3.17. The van der Waals surface area contributed by atoms with Gasteiger partial charge in [-0.3, -0.25) is 0 Å². The Morgan fingerprint density at radius 3 is 2.82 bits per heavy atom. The van der Waals surface area contributed by atoms with Gasteiger partial charge in [0, 0.05) is 29.4 Å². The molecule has 0 saturated heterocycles. The maximum absolute atomic E-state index is 13.1. The molecule has 5 nitrogen and oxygen atoms in total. The standard InChI is InChI=1S/C20H17FN2O3S2/c1-26-16-10-14(20(24)25)9-13-3-2-8-23(18(13)16)28-17-11-27-19(22-17)12-4-6-15(21)7-5-12/h4-7,9-11H,2-3,8H2,1H3,(H,24,25). The van der Waals surface area contributed by atoms with Crippen LogP contribution in [0.5, 0.6) is 5.75 Å². The van der Waals surface area contributed by atoms with Gasteiger partial charge in [-0.2, -0.15) is 0 Å². The second-order valence-electron chi connectivity index (χ2n) is 6.29. The highest BCUT2D eigenvalue weighted by Gasteiger charge is 2.25. The van der Waals surface area contributed by atoms with Crippen molar-refractivity contribution in [2.75, 3.05) is 18.0 Å². The zero-order valence-electron chi connectivity index (χ0n) is 15.0. The smallest absolute Gasteiger partial charge is 0.335 e. The number of benzene rings is 2. The molecule has 4 rings (SSSR count). The second-order valence-corrected chi connectivity index (χ2v) is 8.19. The van der Waals surface area contributed by atoms with Crippen molar-refractivity contribution in [1.82, 2.24) is 4.98 Å². The Bertz CT molecular complexity index is 1000. The maximum atomic E-state index is 13.1. The molecule has 0 saturated carbocycles. The van der Waals surface area contributed by atoms with Gasteiger partial charge in [-0.1, -0.05) is 0 Å². The average Bonchev–Trinajstić information content (AvgIpc) is 3.16. The summed E-state index contributed by atoms with van der Waals surface area (Å²) in [6.45, 7) is 0.809. The van der Waals surface area contributed by atoms with Crippen LogP contribution in [0.15, 0.2) is 46.8 Å². The molecule has 2 aromatic carbocycles. The Kier molecular flexibility index (Phi) is 5.23. The van der Waals surface area contributed by atoms with Crippen molar-refractivity contribution in [2.45, 2.75) is 17.9 Å². The van der Waals surface area contributed by atoms with Gasteiger partial charge in [0.25, 0.3) is 0 Å². The number of nitrogens with zero attached hydrogens (tertiary/aromatic N) is 2.